The third-order valence-corrected chi connectivity index (χ3v) is 3.01. The second-order valence-corrected chi connectivity index (χ2v) is 4.56. The van der Waals surface area contributed by atoms with E-state index in [4.69, 9.17) is 0 Å². The SMILES string of the molecule is CCNC(=O)CCNC(=O)c1ccc2c(c1)NC(=O)C2. The Morgan fingerprint density at radius 2 is 2.10 bits per heavy atom. The van der Waals surface area contributed by atoms with Crippen LogP contribution in [0.25, 0.3) is 0 Å². The molecule has 6 heteroatoms. The minimum absolute atomic E-state index is 0.0613. The molecule has 1 aliphatic heterocycles. The summed E-state index contributed by atoms with van der Waals surface area (Å²) in [7, 11) is 0. The first-order valence-corrected chi connectivity index (χ1v) is 6.58. The van der Waals surface area contributed by atoms with E-state index in [1.54, 1.807) is 18.2 Å². The fourth-order valence-electron chi connectivity index (χ4n) is 2.03. The van der Waals surface area contributed by atoms with Gasteiger partial charge in [-0.2, -0.15) is 0 Å². The van der Waals surface area contributed by atoms with Gasteiger partial charge >= 0.3 is 0 Å². The number of fused-ring (bicyclic) bond motifs is 1. The first-order valence-electron chi connectivity index (χ1n) is 6.58. The van der Waals surface area contributed by atoms with Crippen molar-refractivity contribution in [2.24, 2.45) is 0 Å². The average molecular weight is 275 g/mol. The molecular formula is C14H17N3O3. The summed E-state index contributed by atoms with van der Waals surface area (Å²) < 4.78 is 0. The van der Waals surface area contributed by atoms with Crippen LogP contribution in [0.5, 0.6) is 0 Å². The summed E-state index contributed by atoms with van der Waals surface area (Å²) in [6, 6.07) is 5.11. The number of anilines is 1. The zero-order chi connectivity index (χ0) is 14.5. The lowest BCUT2D eigenvalue weighted by Crippen LogP contribution is -2.30. The molecular weight excluding hydrogens is 258 g/mol. The van der Waals surface area contributed by atoms with Crippen LogP contribution in [-0.2, 0) is 16.0 Å². The molecule has 0 aliphatic carbocycles. The van der Waals surface area contributed by atoms with Crippen LogP contribution in [0.2, 0.25) is 0 Å². The van der Waals surface area contributed by atoms with E-state index in [2.05, 4.69) is 16.0 Å². The molecule has 2 rings (SSSR count). The molecule has 1 heterocycles. The van der Waals surface area contributed by atoms with E-state index in [0.717, 1.165) is 5.56 Å². The number of amides is 3. The molecule has 0 aromatic heterocycles. The monoisotopic (exact) mass is 275 g/mol. The summed E-state index contributed by atoms with van der Waals surface area (Å²) in [6.07, 6.45) is 0.607. The number of hydrogen-bond acceptors (Lipinski definition) is 3. The Kier molecular flexibility index (Phi) is 4.34. The van der Waals surface area contributed by atoms with Gasteiger partial charge in [-0.1, -0.05) is 6.07 Å². The molecule has 1 aliphatic rings. The maximum atomic E-state index is 11.9. The second kappa shape index (κ2) is 6.18. The van der Waals surface area contributed by atoms with Gasteiger partial charge in [-0.15, -0.1) is 0 Å². The van der Waals surface area contributed by atoms with Crippen LogP contribution in [0, 0.1) is 0 Å². The Hall–Kier alpha value is -2.37. The molecule has 3 N–H and O–H groups in total. The average Bonchev–Trinajstić information content (AvgIpc) is 2.77. The van der Waals surface area contributed by atoms with Crippen molar-refractivity contribution < 1.29 is 14.4 Å². The third kappa shape index (κ3) is 3.34. The Morgan fingerprint density at radius 3 is 2.85 bits per heavy atom. The number of rotatable bonds is 5. The summed E-state index contributed by atoms with van der Waals surface area (Å²) in [4.78, 5) is 34.4. The van der Waals surface area contributed by atoms with Crippen LogP contribution in [0.4, 0.5) is 5.69 Å². The van der Waals surface area contributed by atoms with Gasteiger partial charge < -0.3 is 16.0 Å². The van der Waals surface area contributed by atoms with Crippen molar-refractivity contribution in [1.29, 1.82) is 0 Å². The van der Waals surface area contributed by atoms with Gasteiger partial charge in [0.2, 0.25) is 11.8 Å². The largest absolute Gasteiger partial charge is 0.356 e. The van der Waals surface area contributed by atoms with Crippen molar-refractivity contribution in [2.45, 2.75) is 19.8 Å². The minimum Gasteiger partial charge on any atom is -0.356 e. The van der Waals surface area contributed by atoms with Crippen molar-refractivity contribution in [3.63, 3.8) is 0 Å². The molecule has 0 atom stereocenters. The van der Waals surface area contributed by atoms with Crippen LogP contribution in [-0.4, -0.2) is 30.8 Å². The van der Waals surface area contributed by atoms with Gasteiger partial charge in [0.15, 0.2) is 0 Å². The van der Waals surface area contributed by atoms with E-state index in [9.17, 15) is 14.4 Å². The normalized spacial score (nSPS) is 12.6. The van der Waals surface area contributed by atoms with Gasteiger partial charge in [0.25, 0.3) is 5.91 Å². The smallest absolute Gasteiger partial charge is 0.251 e. The summed E-state index contributed by atoms with van der Waals surface area (Å²) in [6.45, 7) is 2.71. The molecule has 0 fully saturated rings. The highest BCUT2D eigenvalue weighted by molar-refractivity contribution is 6.02. The fourth-order valence-corrected chi connectivity index (χ4v) is 2.03. The first-order chi connectivity index (χ1) is 9.60. The molecule has 20 heavy (non-hydrogen) atoms. The lowest BCUT2D eigenvalue weighted by molar-refractivity contribution is -0.120. The molecule has 0 unspecified atom stereocenters. The van der Waals surface area contributed by atoms with Crippen LogP contribution >= 0.6 is 0 Å². The molecule has 0 radical (unpaired) electrons. The van der Waals surface area contributed by atoms with Crippen LogP contribution in [0.3, 0.4) is 0 Å². The van der Waals surface area contributed by atoms with Gasteiger partial charge in [-0.3, -0.25) is 14.4 Å². The number of benzene rings is 1. The molecule has 1 aromatic carbocycles. The maximum Gasteiger partial charge on any atom is 0.251 e. The molecule has 3 amide bonds. The Labute approximate surface area is 116 Å². The van der Waals surface area contributed by atoms with Gasteiger partial charge in [0.1, 0.15) is 0 Å². The Morgan fingerprint density at radius 1 is 1.30 bits per heavy atom. The fraction of sp³-hybridized carbons (Fsp3) is 0.357. The lowest BCUT2D eigenvalue weighted by atomic mass is 10.1. The second-order valence-electron chi connectivity index (χ2n) is 4.56. The van der Waals surface area contributed by atoms with E-state index in [0.29, 0.717) is 24.2 Å². The van der Waals surface area contributed by atoms with Gasteiger partial charge in [0.05, 0.1) is 6.42 Å². The van der Waals surface area contributed by atoms with Gasteiger partial charge in [-0.05, 0) is 24.6 Å². The minimum atomic E-state index is -0.252. The highest BCUT2D eigenvalue weighted by Crippen LogP contribution is 2.23. The number of hydrogen-bond donors (Lipinski definition) is 3. The molecule has 0 spiro atoms. The van der Waals surface area contributed by atoms with Crippen molar-refractivity contribution in [3.05, 3.63) is 29.3 Å². The molecule has 0 saturated heterocycles. The molecule has 0 bridgehead atoms. The van der Waals surface area contributed by atoms with E-state index in [1.165, 1.54) is 0 Å². The van der Waals surface area contributed by atoms with Crippen molar-refractivity contribution in [1.82, 2.24) is 10.6 Å². The predicted molar refractivity (Wildman–Crippen MR) is 74.4 cm³/mol. The molecule has 1 aromatic rings. The summed E-state index contributed by atoms with van der Waals surface area (Å²) in [5, 5.41) is 8.04. The van der Waals surface area contributed by atoms with E-state index in [-0.39, 0.29) is 30.7 Å². The van der Waals surface area contributed by atoms with Crippen molar-refractivity contribution in [2.75, 3.05) is 18.4 Å². The van der Waals surface area contributed by atoms with Crippen LogP contribution < -0.4 is 16.0 Å². The van der Waals surface area contributed by atoms with Gasteiger partial charge in [0, 0.05) is 30.8 Å². The third-order valence-electron chi connectivity index (χ3n) is 3.01. The van der Waals surface area contributed by atoms with Crippen LogP contribution in [0.15, 0.2) is 18.2 Å². The highest BCUT2D eigenvalue weighted by atomic mass is 16.2. The quantitative estimate of drug-likeness (QED) is 0.728. The molecule has 0 saturated carbocycles. The molecule has 106 valence electrons. The van der Waals surface area contributed by atoms with Crippen molar-refractivity contribution >= 4 is 23.4 Å². The Bertz CT molecular complexity index is 555. The number of carbonyl (C=O) groups excluding carboxylic acids is 3. The molecule has 6 nitrogen and oxygen atoms in total. The zero-order valence-electron chi connectivity index (χ0n) is 11.3. The summed E-state index contributed by atoms with van der Waals surface area (Å²) in [5.74, 6) is -0.402. The summed E-state index contributed by atoms with van der Waals surface area (Å²) in [5.41, 5.74) is 2.06. The van der Waals surface area contributed by atoms with E-state index < -0.39 is 0 Å². The first kappa shape index (κ1) is 14.0. The van der Waals surface area contributed by atoms with Crippen molar-refractivity contribution in [3.8, 4) is 0 Å². The zero-order valence-corrected chi connectivity index (χ0v) is 11.3. The standard InChI is InChI=1S/C14H17N3O3/c1-2-15-12(18)5-6-16-14(20)10-4-3-9-8-13(19)17-11(9)7-10/h3-4,7H,2,5-6,8H2,1H3,(H,15,18)(H,16,20)(H,17,19). The van der Waals surface area contributed by atoms with Crippen LogP contribution in [0.1, 0.15) is 29.3 Å². The maximum absolute atomic E-state index is 11.9. The van der Waals surface area contributed by atoms with E-state index >= 15 is 0 Å². The van der Waals surface area contributed by atoms with E-state index in [1.807, 2.05) is 6.92 Å². The highest BCUT2D eigenvalue weighted by Gasteiger charge is 2.18. The predicted octanol–water partition coefficient (Wildman–Crippen LogP) is 0.437. The lowest BCUT2D eigenvalue weighted by Gasteiger charge is -2.07. The Balaban J connectivity index is 1.89. The number of nitrogens with one attached hydrogen (secondary N) is 3. The number of carbonyl (C=O) groups is 3. The summed E-state index contributed by atoms with van der Waals surface area (Å²) >= 11 is 0. The van der Waals surface area contributed by atoms with Gasteiger partial charge in [-0.25, -0.2) is 0 Å². The topological polar surface area (TPSA) is 87.3 Å².